The van der Waals surface area contributed by atoms with Crippen LogP contribution in [0.5, 0.6) is 5.75 Å². The Morgan fingerprint density at radius 3 is 2.41 bits per heavy atom. The average Bonchev–Trinajstić information content (AvgIpc) is 2.74. The van der Waals surface area contributed by atoms with Gasteiger partial charge >= 0.3 is 0 Å². The fraction of sp³-hybridized carbons (Fsp3) is 0.0952. The van der Waals surface area contributed by atoms with Gasteiger partial charge in [-0.3, -0.25) is 14.6 Å². The molecule has 1 aromatic heterocycles. The zero-order chi connectivity index (χ0) is 20.8. The second-order valence-corrected chi connectivity index (χ2v) is 6.04. The molecule has 148 valence electrons. The number of methoxy groups -OCH3 is 1. The number of para-hydroxylation sites is 1. The standard InChI is InChI=1S/C21H17F2N3O3/c1-29-19-5-3-2-4-13(19)12-25-20(27)14-8-15(11-24-10-14)21(28)26-16-6-7-17(22)18(23)9-16/h2-11H,12H2,1H3,(H,25,27)(H,26,28). The molecule has 3 aromatic rings. The molecular formula is C21H17F2N3O3. The molecule has 0 bridgehead atoms. The van der Waals surface area contributed by atoms with Crippen molar-refractivity contribution in [1.82, 2.24) is 10.3 Å². The Hall–Kier alpha value is -3.81. The molecule has 8 heteroatoms. The van der Waals surface area contributed by atoms with Gasteiger partial charge in [0.2, 0.25) is 0 Å². The van der Waals surface area contributed by atoms with Crippen LogP contribution in [0.1, 0.15) is 26.3 Å². The highest BCUT2D eigenvalue weighted by molar-refractivity contribution is 6.05. The number of benzene rings is 2. The number of carbonyl (C=O) groups is 2. The molecular weight excluding hydrogens is 380 g/mol. The SMILES string of the molecule is COc1ccccc1CNC(=O)c1cncc(C(=O)Nc2ccc(F)c(F)c2)c1. The van der Waals surface area contributed by atoms with Gasteiger partial charge in [-0.15, -0.1) is 0 Å². The molecule has 0 aliphatic carbocycles. The molecule has 0 spiro atoms. The van der Waals surface area contributed by atoms with E-state index in [0.717, 1.165) is 17.7 Å². The van der Waals surface area contributed by atoms with E-state index in [1.165, 1.54) is 24.5 Å². The monoisotopic (exact) mass is 397 g/mol. The number of amides is 2. The number of ether oxygens (including phenoxy) is 1. The molecule has 0 radical (unpaired) electrons. The van der Waals surface area contributed by atoms with Gasteiger partial charge in [-0.25, -0.2) is 8.78 Å². The fourth-order valence-corrected chi connectivity index (χ4v) is 2.59. The molecule has 0 saturated heterocycles. The number of hydrogen-bond acceptors (Lipinski definition) is 4. The summed E-state index contributed by atoms with van der Waals surface area (Å²) in [5.41, 5.74) is 1.15. The third-order valence-electron chi connectivity index (χ3n) is 4.07. The summed E-state index contributed by atoms with van der Waals surface area (Å²) in [6, 6.07) is 11.6. The number of nitrogens with one attached hydrogen (secondary N) is 2. The van der Waals surface area contributed by atoms with Crippen LogP contribution in [0.25, 0.3) is 0 Å². The van der Waals surface area contributed by atoms with Gasteiger partial charge in [0.25, 0.3) is 11.8 Å². The van der Waals surface area contributed by atoms with Gasteiger partial charge in [-0.1, -0.05) is 18.2 Å². The van der Waals surface area contributed by atoms with E-state index in [0.29, 0.717) is 5.75 Å². The van der Waals surface area contributed by atoms with Gasteiger partial charge in [-0.2, -0.15) is 0 Å². The molecule has 0 aliphatic rings. The van der Waals surface area contributed by atoms with Crippen LogP contribution in [0.15, 0.2) is 60.9 Å². The van der Waals surface area contributed by atoms with Gasteiger partial charge in [0.15, 0.2) is 11.6 Å². The predicted octanol–water partition coefficient (Wildman–Crippen LogP) is 3.55. The van der Waals surface area contributed by atoms with Crippen molar-refractivity contribution in [3.63, 3.8) is 0 Å². The summed E-state index contributed by atoms with van der Waals surface area (Å²) < 4.78 is 31.5. The molecule has 2 amide bonds. The van der Waals surface area contributed by atoms with Gasteiger partial charge in [0.1, 0.15) is 5.75 Å². The largest absolute Gasteiger partial charge is 0.496 e. The van der Waals surface area contributed by atoms with E-state index in [4.69, 9.17) is 4.74 Å². The number of pyridine rings is 1. The Labute approximate surface area is 165 Å². The lowest BCUT2D eigenvalue weighted by atomic mass is 10.1. The first kappa shape index (κ1) is 19.9. The van der Waals surface area contributed by atoms with Crippen molar-refractivity contribution in [2.45, 2.75) is 6.54 Å². The summed E-state index contributed by atoms with van der Waals surface area (Å²) in [5.74, 6) is -2.48. The quantitative estimate of drug-likeness (QED) is 0.667. The maximum absolute atomic E-state index is 13.3. The van der Waals surface area contributed by atoms with Crippen LogP contribution < -0.4 is 15.4 Å². The Bertz CT molecular complexity index is 1060. The van der Waals surface area contributed by atoms with E-state index in [9.17, 15) is 18.4 Å². The fourth-order valence-electron chi connectivity index (χ4n) is 2.59. The second-order valence-electron chi connectivity index (χ2n) is 6.04. The van der Waals surface area contributed by atoms with Crippen molar-refractivity contribution in [1.29, 1.82) is 0 Å². The van der Waals surface area contributed by atoms with Crippen molar-refractivity contribution in [2.75, 3.05) is 12.4 Å². The van der Waals surface area contributed by atoms with E-state index < -0.39 is 23.4 Å². The number of halogens is 2. The number of carbonyl (C=O) groups excluding carboxylic acids is 2. The third-order valence-corrected chi connectivity index (χ3v) is 4.07. The van der Waals surface area contributed by atoms with Gasteiger partial charge < -0.3 is 15.4 Å². The normalized spacial score (nSPS) is 10.3. The number of rotatable bonds is 6. The van der Waals surface area contributed by atoms with E-state index >= 15 is 0 Å². The molecule has 2 aromatic carbocycles. The Morgan fingerprint density at radius 1 is 0.966 bits per heavy atom. The molecule has 2 N–H and O–H groups in total. The zero-order valence-corrected chi connectivity index (χ0v) is 15.4. The minimum absolute atomic E-state index is 0.0833. The maximum atomic E-state index is 13.3. The summed E-state index contributed by atoms with van der Waals surface area (Å²) in [6.45, 7) is 0.230. The molecule has 1 heterocycles. The van der Waals surface area contributed by atoms with Crippen molar-refractivity contribution in [2.24, 2.45) is 0 Å². The highest BCUT2D eigenvalue weighted by atomic mass is 19.2. The predicted molar refractivity (Wildman–Crippen MR) is 103 cm³/mol. The van der Waals surface area contributed by atoms with Gasteiger partial charge in [0, 0.05) is 36.3 Å². The highest BCUT2D eigenvalue weighted by Gasteiger charge is 2.13. The lowest BCUT2D eigenvalue weighted by Crippen LogP contribution is -2.24. The van der Waals surface area contributed by atoms with E-state index in [1.807, 2.05) is 18.2 Å². The summed E-state index contributed by atoms with van der Waals surface area (Å²) >= 11 is 0. The highest BCUT2D eigenvalue weighted by Crippen LogP contribution is 2.17. The number of hydrogen-bond donors (Lipinski definition) is 2. The molecule has 6 nitrogen and oxygen atoms in total. The summed E-state index contributed by atoms with van der Waals surface area (Å²) in [7, 11) is 1.54. The Balaban J connectivity index is 1.68. The van der Waals surface area contributed by atoms with Crippen molar-refractivity contribution in [3.05, 3.63) is 89.2 Å². The van der Waals surface area contributed by atoms with Crippen molar-refractivity contribution >= 4 is 17.5 Å². The van der Waals surface area contributed by atoms with Gasteiger partial charge in [-0.05, 0) is 24.3 Å². The molecule has 0 saturated carbocycles. The lowest BCUT2D eigenvalue weighted by molar-refractivity contribution is 0.0950. The first-order valence-electron chi connectivity index (χ1n) is 8.59. The summed E-state index contributed by atoms with van der Waals surface area (Å²) in [5, 5.41) is 5.17. The van der Waals surface area contributed by atoms with Crippen LogP contribution in [0, 0.1) is 11.6 Å². The van der Waals surface area contributed by atoms with Crippen LogP contribution >= 0.6 is 0 Å². The number of nitrogens with zero attached hydrogens (tertiary/aromatic N) is 1. The maximum Gasteiger partial charge on any atom is 0.257 e. The van der Waals surface area contributed by atoms with Crippen LogP contribution in [-0.2, 0) is 6.54 Å². The van der Waals surface area contributed by atoms with Crippen LogP contribution in [0.2, 0.25) is 0 Å². The molecule has 3 rings (SSSR count). The Kier molecular flexibility index (Phi) is 6.13. The summed E-state index contributed by atoms with van der Waals surface area (Å²) in [4.78, 5) is 28.7. The minimum Gasteiger partial charge on any atom is -0.496 e. The van der Waals surface area contributed by atoms with Crippen molar-refractivity contribution in [3.8, 4) is 5.75 Å². The lowest BCUT2D eigenvalue weighted by Gasteiger charge is -2.10. The third kappa shape index (κ3) is 4.92. The van der Waals surface area contributed by atoms with E-state index in [-0.39, 0.29) is 23.4 Å². The first-order valence-corrected chi connectivity index (χ1v) is 8.59. The average molecular weight is 397 g/mol. The zero-order valence-electron chi connectivity index (χ0n) is 15.4. The molecule has 0 fully saturated rings. The molecule has 0 atom stereocenters. The van der Waals surface area contributed by atoms with Crippen LogP contribution in [0.4, 0.5) is 14.5 Å². The Morgan fingerprint density at radius 2 is 1.69 bits per heavy atom. The van der Waals surface area contributed by atoms with Crippen LogP contribution in [0.3, 0.4) is 0 Å². The van der Waals surface area contributed by atoms with Crippen LogP contribution in [-0.4, -0.2) is 23.9 Å². The number of anilines is 1. The van der Waals surface area contributed by atoms with Gasteiger partial charge in [0.05, 0.1) is 18.2 Å². The topological polar surface area (TPSA) is 80.3 Å². The second kappa shape index (κ2) is 8.92. The molecule has 29 heavy (non-hydrogen) atoms. The molecule has 0 unspecified atom stereocenters. The summed E-state index contributed by atoms with van der Waals surface area (Å²) in [6.07, 6.45) is 2.60. The first-order chi connectivity index (χ1) is 14.0. The number of aromatic nitrogens is 1. The molecule has 0 aliphatic heterocycles. The van der Waals surface area contributed by atoms with E-state index in [1.54, 1.807) is 13.2 Å². The minimum atomic E-state index is -1.08. The van der Waals surface area contributed by atoms with Crippen molar-refractivity contribution < 1.29 is 23.1 Å². The smallest absolute Gasteiger partial charge is 0.257 e. The van der Waals surface area contributed by atoms with E-state index in [2.05, 4.69) is 15.6 Å².